The lowest BCUT2D eigenvalue weighted by Crippen LogP contribution is -2.64. The summed E-state index contributed by atoms with van der Waals surface area (Å²) in [4.78, 5) is 5.40. The van der Waals surface area contributed by atoms with Gasteiger partial charge in [0.25, 0.3) is 13.4 Å². The van der Waals surface area contributed by atoms with Crippen LogP contribution in [-0.2, 0) is 32.5 Å². The molecule has 4 aliphatic rings. The Morgan fingerprint density at radius 1 is 0.260 bits per heavy atom. The highest BCUT2D eigenvalue weighted by Crippen LogP contribution is 2.51. The summed E-state index contributed by atoms with van der Waals surface area (Å²) in [6.07, 6.45) is 0. The van der Waals surface area contributed by atoms with E-state index in [1.807, 2.05) is 0 Å². The Morgan fingerprint density at radius 2 is 0.570 bits per heavy atom. The molecule has 0 aliphatic carbocycles. The van der Waals surface area contributed by atoms with Crippen LogP contribution in [0.2, 0.25) is 0 Å². The van der Waals surface area contributed by atoms with E-state index in [4.69, 9.17) is 0 Å². The van der Waals surface area contributed by atoms with E-state index in [9.17, 15) is 0 Å². The average molecular weight is 1300 g/mol. The number of aryl methyl sites for hydroxylation is 4. The van der Waals surface area contributed by atoms with Crippen molar-refractivity contribution in [3.8, 4) is 33.6 Å². The zero-order valence-corrected chi connectivity index (χ0v) is 63.3. The van der Waals surface area contributed by atoms with Gasteiger partial charge in [-0.05, 0) is 262 Å². The van der Waals surface area contributed by atoms with Gasteiger partial charge in [-0.3, -0.25) is 0 Å². The predicted molar refractivity (Wildman–Crippen MR) is 436 cm³/mol. The molecule has 0 bridgehead atoms. The van der Waals surface area contributed by atoms with Crippen molar-refractivity contribution in [3.63, 3.8) is 0 Å². The summed E-state index contributed by atoms with van der Waals surface area (Å²) in [5.74, 6) is 0. The van der Waals surface area contributed by atoms with Gasteiger partial charge in [-0.25, -0.2) is 0 Å². The second-order valence-corrected chi connectivity index (χ2v) is 36.5. The maximum atomic E-state index is 2.77. The van der Waals surface area contributed by atoms with Gasteiger partial charge in [0.2, 0.25) is 0 Å². The molecule has 0 N–H and O–H groups in total. The number of nitrogens with zero attached hydrogens (tertiary/aromatic N) is 4. The number of hydrogen-bond acceptors (Lipinski definition) is 2. The molecule has 0 spiro atoms. The smallest absolute Gasteiger partial charge is 0.252 e. The second-order valence-electron chi connectivity index (χ2n) is 36.5. The largest absolute Gasteiger partial charge is 0.311 e. The highest BCUT2D eigenvalue weighted by molar-refractivity contribution is 7.03. The van der Waals surface area contributed by atoms with Gasteiger partial charge in [-0.2, -0.15) is 0 Å². The Morgan fingerprint density at radius 3 is 0.900 bits per heavy atom. The van der Waals surface area contributed by atoms with E-state index in [0.29, 0.717) is 0 Å². The molecule has 6 heteroatoms. The minimum Gasteiger partial charge on any atom is -0.311 e. The zero-order valence-electron chi connectivity index (χ0n) is 63.3. The molecule has 0 saturated heterocycles. The van der Waals surface area contributed by atoms with Crippen molar-refractivity contribution >= 4 is 124 Å². The summed E-state index contributed by atoms with van der Waals surface area (Å²) in [6, 6.07) is 74.0. The lowest BCUT2D eigenvalue weighted by Gasteiger charge is -2.45. The quantitative estimate of drug-likeness (QED) is 0.163. The van der Waals surface area contributed by atoms with Crippen molar-refractivity contribution in [1.29, 1.82) is 0 Å². The first-order chi connectivity index (χ1) is 47.0. The van der Waals surface area contributed by atoms with Crippen LogP contribution < -0.4 is 42.6 Å². The third kappa shape index (κ3) is 9.46. The van der Waals surface area contributed by atoms with E-state index in [1.165, 1.54) is 188 Å². The Balaban J connectivity index is 1.08. The van der Waals surface area contributed by atoms with E-state index < -0.39 is 0 Å². The molecular weight excluding hydrogens is 1210 g/mol. The Bertz CT molecular complexity index is 5320. The fourth-order valence-electron chi connectivity index (χ4n) is 18.0. The fourth-order valence-corrected chi connectivity index (χ4v) is 18.0. The first-order valence-electron chi connectivity index (χ1n) is 36.8. The minimum atomic E-state index is -0.152. The summed E-state index contributed by atoms with van der Waals surface area (Å²) >= 11 is 0. The molecule has 0 amide bonds. The molecule has 4 aliphatic heterocycles. The van der Waals surface area contributed by atoms with Crippen molar-refractivity contribution in [1.82, 2.24) is 9.13 Å². The predicted octanol–water partition coefficient (Wildman–Crippen LogP) is 21.5. The lowest BCUT2D eigenvalue weighted by molar-refractivity contribution is 0.590. The molecule has 17 rings (SSSR count). The molecule has 13 aromatic rings. The number of aromatic nitrogens is 2. The van der Waals surface area contributed by atoms with E-state index in [-0.39, 0.29) is 45.9 Å². The number of fused-ring (bicyclic) bond motifs is 14. The molecular formula is C94H96B2N4. The molecule has 100 heavy (non-hydrogen) atoms. The fraction of sp³-hybridized carbons (Fsp3) is 0.298. The van der Waals surface area contributed by atoms with Crippen molar-refractivity contribution in [3.05, 3.63) is 238 Å². The lowest BCUT2D eigenvalue weighted by atomic mass is 9.30. The molecule has 0 fully saturated rings. The highest BCUT2D eigenvalue weighted by atomic mass is 15.2. The first kappa shape index (κ1) is 64.1. The number of benzene rings is 11. The highest BCUT2D eigenvalue weighted by Gasteiger charge is 2.49. The van der Waals surface area contributed by atoms with Crippen LogP contribution in [0.3, 0.4) is 0 Å². The zero-order chi connectivity index (χ0) is 70.5. The maximum Gasteiger partial charge on any atom is 0.252 e. The summed E-state index contributed by atoms with van der Waals surface area (Å²) in [6.45, 7) is 51.6. The van der Waals surface area contributed by atoms with Crippen molar-refractivity contribution in [2.24, 2.45) is 0 Å². The topological polar surface area (TPSA) is 16.3 Å². The van der Waals surface area contributed by atoms with Gasteiger partial charge in [-0.1, -0.05) is 216 Å². The van der Waals surface area contributed by atoms with Gasteiger partial charge >= 0.3 is 0 Å². The van der Waals surface area contributed by atoms with Crippen LogP contribution in [0.5, 0.6) is 0 Å². The normalized spacial score (nSPS) is 14.2. The Hall–Kier alpha value is -9.25. The molecule has 0 saturated carbocycles. The van der Waals surface area contributed by atoms with Gasteiger partial charge in [0, 0.05) is 78.1 Å². The van der Waals surface area contributed by atoms with Gasteiger partial charge < -0.3 is 18.9 Å². The SMILES string of the molecule is Cc1cccc(C)c1-c1cc2c3c(c1)-n1c4ccc(C(C)(C)C)cc4c4cc(C(C)(C)C)cc(c41)B3c1cc3c(cc1N2c1ccc(C(C)(C)C)cc1)N(c1ccc(C(C)(C)C)cc1)c1cc(-c2c(C)cccc2C)cc2c1B3c1cc(C(C)(C)C)cc3c4cc(C(C)(C)C)ccc4n-2c13. The number of hydrogen-bond donors (Lipinski definition) is 0. The molecule has 0 unspecified atom stereocenters. The van der Waals surface area contributed by atoms with Gasteiger partial charge in [0.05, 0.1) is 11.0 Å². The van der Waals surface area contributed by atoms with Gasteiger partial charge in [0.15, 0.2) is 0 Å². The van der Waals surface area contributed by atoms with Crippen LogP contribution in [0, 0.1) is 27.7 Å². The standard InChI is InChI=1S/C94H96B2N4/c1-53-25-23-26-54(2)83(53)57-41-79-85-81(43-57)99-75-39-33-61(91(11,12)13)45-67(75)69-47-63(93(17,18)19)49-73(87(69)99)95(85)71-51-72-78(52-77(71)97(79)65-35-29-59(30-36-65)89(5,6)7)98(66-37-31-60(32-38-66)90(8,9)10)80-42-58(84-55(3)27-24-28-56(84)4)44-82-86(80)96(72)74-50-64(94(20,21)22)48-70-68-46-62(92(14,15)16)34-40-76(68)100(82)88(70)74/h23-52H,1-22H3. The van der Waals surface area contributed by atoms with Crippen LogP contribution in [0.1, 0.15) is 180 Å². The van der Waals surface area contributed by atoms with Crippen molar-refractivity contribution < 1.29 is 0 Å². The van der Waals surface area contributed by atoms with Gasteiger partial charge in [0.1, 0.15) is 0 Å². The molecule has 4 nitrogen and oxygen atoms in total. The van der Waals surface area contributed by atoms with E-state index >= 15 is 0 Å². The third-order valence-electron chi connectivity index (χ3n) is 23.5. The molecule has 6 heterocycles. The number of anilines is 6. The minimum absolute atomic E-state index is 0.0482. The summed E-state index contributed by atoms with van der Waals surface area (Å²) in [7, 11) is 0. The van der Waals surface area contributed by atoms with Crippen LogP contribution >= 0.6 is 0 Å². The molecule has 0 atom stereocenters. The molecule has 11 aromatic carbocycles. The Kier molecular flexibility index (Phi) is 13.6. The van der Waals surface area contributed by atoms with E-state index in [0.717, 1.165) is 11.4 Å². The van der Waals surface area contributed by atoms with Crippen LogP contribution in [-0.4, -0.2) is 22.6 Å². The monoisotopic (exact) mass is 1300 g/mol. The van der Waals surface area contributed by atoms with Crippen LogP contribution in [0.15, 0.2) is 182 Å². The van der Waals surface area contributed by atoms with Gasteiger partial charge in [-0.15, -0.1) is 0 Å². The Labute approximate surface area is 595 Å². The molecule has 2 aromatic heterocycles. The van der Waals surface area contributed by atoms with Crippen molar-refractivity contribution in [2.75, 3.05) is 9.80 Å². The molecule has 0 radical (unpaired) electrons. The number of rotatable bonds is 4. The summed E-state index contributed by atoms with van der Waals surface area (Å²) < 4.78 is 5.41. The van der Waals surface area contributed by atoms with Crippen LogP contribution in [0.4, 0.5) is 34.1 Å². The second kappa shape index (κ2) is 21.2. The molecule has 498 valence electrons. The summed E-state index contributed by atoms with van der Waals surface area (Å²) in [5, 5.41) is 5.28. The first-order valence-corrected chi connectivity index (χ1v) is 36.8. The third-order valence-corrected chi connectivity index (χ3v) is 23.5. The average Bonchev–Trinajstić information content (AvgIpc) is 1.30. The maximum absolute atomic E-state index is 2.77. The van der Waals surface area contributed by atoms with E-state index in [2.05, 4.69) is 353 Å². The van der Waals surface area contributed by atoms with Crippen molar-refractivity contribution in [2.45, 2.75) is 185 Å². The van der Waals surface area contributed by atoms with Crippen LogP contribution in [0.25, 0.3) is 77.2 Å². The van der Waals surface area contributed by atoms with E-state index in [1.54, 1.807) is 0 Å². The summed E-state index contributed by atoms with van der Waals surface area (Å²) in [5.41, 5.74) is 40.5.